The highest BCUT2D eigenvalue weighted by Gasteiger charge is 2.55. The zero-order valence-electron chi connectivity index (χ0n) is 13.3. The maximum Gasteiger partial charge on any atom is 0.327 e. The molecular weight excluding hydrogens is 302 g/mol. The highest BCUT2D eigenvalue weighted by Crippen LogP contribution is 2.47. The Morgan fingerprint density at radius 2 is 1.75 bits per heavy atom. The van der Waals surface area contributed by atoms with Crippen molar-refractivity contribution in [2.75, 3.05) is 11.9 Å². The fourth-order valence-corrected chi connectivity index (χ4v) is 4.18. The molecule has 5 rings (SSSR count). The lowest BCUT2D eigenvalue weighted by molar-refractivity contribution is -0.122. The molecule has 0 saturated carbocycles. The van der Waals surface area contributed by atoms with E-state index in [1.807, 2.05) is 55.5 Å². The van der Waals surface area contributed by atoms with Crippen molar-refractivity contribution in [3.63, 3.8) is 0 Å². The summed E-state index contributed by atoms with van der Waals surface area (Å²) in [6.07, 6.45) is 0. The number of anilines is 1. The summed E-state index contributed by atoms with van der Waals surface area (Å²) in [4.78, 5) is 27.7. The van der Waals surface area contributed by atoms with Crippen molar-refractivity contribution in [3.8, 4) is 0 Å². The fourth-order valence-electron chi connectivity index (χ4n) is 4.18. The number of amides is 2. The maximum atomic E-state index is 13.2. The van der Waals surface area contributed by atoms with Gasteiger partial charge < -0.3 is 10.2 Å². The molecule has 0 bridgehead atoms. The molecule has 0 aliphatic carbocycles. The molecule has 5 nitrogen and oxygen atoms in total. The van der Waals surface area contributed by atoms with Gasteiger partial charge in [-0.15, -0.1) is 0 Å². The van der Waals surface area contributed by atoms with Crippen LogP contribution in [0.4, 0.5) is 10.5 Å². The minimum Gasteiger partial charge on any atom is -0.315 e. The third-order valence-electron chi connectivity index (χ3n) is 5.20. The predicted molar refractivity (Wildman–Crippen MR) is 91.2 cm³/mol. The van der Waals surface area contributed by atoms with Crippen LogP contribution in [0.15, 0.2) is 48.5 Å². The summed E-state index contributed by atoms with van der Waals surface area (Å²) in [5, 5.41) is 3.98. The number of benzene rings is 2. The van der Waals surface area contributed by atoms with E-state index in [0.717, 1.165) is 33.4 Å². The summed E-state index contributed by atoms with van der Waals surface area (Å²) in [7, 11) is 1.75. The number of carbonyl (C=O) groups excluding carboxylic acids is 2. The number of likely N-dealkylation sites (N-methyl/N-ethyl adjacent to an activating group) is 1. The Morgan fingerprint density at radius 1 is 1.00 bits per heavy atom. The van der Waals surface area contributed by atoms with E-state index < -0.39 is 5.54 Å². The van der Waals surface area contributed by atoms with Gasteiger partial charge in [0.15, 0.2) is 5.54 Å². The zero-order chi connectivity index (χ0) is 16.6. The number of aromatic nitrogens is 1. The van der Waals surface area contributed by atoms with E-state index in [1.165, 1.54) is 0 Å². The van der Waals surface area contributed by atoms with Crippen molar-refractivity contribution >= 4 is 28.5 Å². The smallest absolute Gasteiger partial charge is 0.315 e. The van der Waals surface area contributed by atoms with Crippen LogP contribution >= 0.6 is 0 Å². The van der Waals surface area contributed by atoms with E-state index in [4.69, 9.17) is 0 Å². The molecule has 2 amide bonds. The average molecular weight is 317 g/mol. The van der Waals surface area contributed by atoms with Crippen LogP contribution in [0.2, 0.25) is 0 Å². The van der Waals surface area contributed by atoms with Crippen LogP contribution in [0, 0.1) is 6.92 Å². The van der Waals surface area contributed by atoms with Crippen molar-refractivity contribution in [1.82, 2.24) is 9.88 Å². The molecule has 0 radical (unpaired) electrons. The Bertz CT molecular complexity index is 1070. The summed E-state index contributed by atoms with van der Waals surface area (Å²) in [5.74, 6) is -0.130. The lowest BCUT2D eigenvalue weighted by Gasteiger charge is -2.34. The van der Waals surface area contributed by atoms with Gasteiger partial charge in [-0.3, -0.25) is 9.36 Å². The Kier molecular flexibility index (Phi) is 2.26. The van der Waals surface area contributed by atoms with Gasteiger partial charge in [0.2, 0.25) is 0 Å². The molecule has 0 fully saturated rings. The Balaban J connectivity index is 1.97. The molecule has 2 aliphatic heterocycles. The third kappa shape index (κ3) is 1.28. The number of para-hydroxylation sites is 2. The zero-order valence-corrected chi connectivity index (χ0v) is 13.3. The first-order valence-electron chi connectivity index (χ1n) is 7.87. The second-order valence-electron chi connectivity index (χ2n) is 6.43. The minimum absolute atomic E-state index is 0.130. The van der Waals surface area contributed by atoms with Crippen LogP contribution in [-0.4, -0.2) is 23.6 Å². The highest BCUT2D eigenvalue weighted by molar-refractivity contribution is 6.15. The summed E-state index contributed by atoms with van der Waals surface area (Å²) >= 11 is 0. The van der Waals surface area contributed by atoms with Gasteiger partial charge in [0.25, 0.3) is 5.91 Å². The van der Waals surface area contributed by atoms with Crippen LogP contribution in [0.3, 0.4) is 0 Å². The predicted octanol–water partition coefficient (Wildman–Crippen LogP) is 2.74. The van der Waals surface area contributed by atoms with Crippen LogP contribution in [0.1, 0.15) is 16.8 Å². The van der Waals surface area contributed by atoms with E-state index in [-0.39, 0.29) is 11.9 Å². The van der Waals surface area contributed by atoms with Crippen molar-refractivity contribution in [1.29, 1.82) is 0 Å². The van der Waals surface area contributed by atoms with Gasteiger partial charge in [-0.25, -0.2) is 4.79 Å². The second-order valence-corrected chi connectivity index (χ2v) is 6.43. The monoisotopic (exact) mass is 317 g/mol. The van der Waals surface area contributed by atoms with Crippen molar-refractivity contribution in [3.05, 3.63) is 65.4 Å². The van der Waals surface area contributed by atoms with Gasteiger partial charge >= 0.3 is 6.03 Å². The number of fused-ring (bicyclic) bond motifs is 3. The first-order valence-corrected chi connectivity index (χ1v) is 7.87. The molecule has 24 heavy (non-hydrogen) atoms. The SMILES string of the molecule is Cc1cc2cccc3c2n1C(=O)NC31C(=O)N(C)c2ccccc21. The molecule has 0 saturated heterocycles. The number of aryl methyl sites for hydroxylation is 1. The van der Waals surface area contributed by atoms with E-state index in [9.17, 15) is 9.59 Å². The van der Waals surface area contributed by atoms with Gasteiger partial charge in [-0.05, 0) is 19.1 Å². The molecule has 1 spiro atoms. The lowest BCUT2D eigenvalue weighted by Crippen LogP contribution is -2.56. The van der Waals surface area contributed by atoms with Crippen LogP contribution in [-0.2, 0) is 10.3 Å². The highest BCUT2D eigenvalue weighted by atomic mass is 16.2. The molecule has 2 aliphatic rings. The molecular formula is C19H15N3O2. The number of nitrogens with zero attached hydrogens (tertiary/aromatic N) is 2. The summed E-state index contributed by atoms with van der Waals surface area (Å²) in [6, 6.07) is 15.2. The summed E-state index contributed by atoms with van der Waals surface area (Å²) in [5.41, 5.74) is 3.01. The van der Waals surface area contributed by atoms with Gasteiger partial charge in [0, 0.05) is 34.9 Å². The van der Waals surface area contributed by atoms with E-state index in [1.54, 1.807) is 16.5 Å². The molecule has 1 N–H and O–H groups in total. The summed E-state index contributed by atoms with van der Waals surface area (Å²) < 4.78 is 1.66. The molecule has 1 unspecified atom stereocenters. The first kappa shape index (κ1) is 13.4. The lowest BCUT2D eigenvalue weighted by atomic mass is 9.82. The van der Waals surface area contributed by atoms with Crippen LogP contribution in [0.25, 0.3) is 10.9 Å². The quantitative estimate of drug-likeness (QED) is 0.693. The van der Waals surface area contributed by atoms with Crippen molar-refractivity contribution in [2.24, 2.45) is 0 Å². The van der Waals surface area contributed by atoms with Crippen LogP contribution < -0.4 is 10.2 Å². The first-order chi connectivity index (χ1) is 11.6. The van der Waals surface area contributed by atoms with E-state index in [0.29, 0.717) is 0 Å². The number of carbonyl (C=O) groups is 2. The average Bonchev–Trinajstić information content (AvgIpc) is 3.03. The number of rotatable bonds is 0. The number of hydrogen-bond acceptors (Lipinski definition) is 2. The minimum atomic E-state index is -1.15. The molecule has 118 valence electrons. The molecule has 5 heteroatoms. The van der Waals surface area contributed by atoms with E-state index >= 15 is 0 Å². The molecule has 1 aromatic heterocycles. The summed E-state index contributed by atoms with van der Waals surface area (Å²) in [6.45, 7) is 1.90. The maximum absolute atomic E-state index is 13.2. The third-order valence-corrected chi connectivity index (χ3v) is 5.20. The van der Waals surface area contributed by atoms with Gasteiger partial charge in [0.1, 0.15) is 0 Å². The fraction of sp³-hybridized carbons (Fsp3) is 0.158. The molecule has 3 heterocycles. The molecule has 2 aromatic carbocycles. The molecule has 1 atom stereocenters. The Morgan fingerprint density at radius 3 is 2.58 bits per heavy atom. The van der Waals surface area contributed by atoms with Gasteiger partial charge in [-0.1, -0.05) is 36.4 Å². The van der Waals surface area contributed by atoms with Gasteiger partial charge in [-0.2, -0.15) is 0 Å². The van der Waals surface area contributed by atoms with E-state index in [2.05, 4.69) is 5.32 Å². The topological polar surface area (TPSA) is 54.3 Å². The van der Waals surface area contributed by atoms with Crippen molar-refractivity contribution in [2.45, 2.75) is 12.5 Å². The standard InChI is InChI=1S/C19H15N3O2/c1-11-10-12-6-5-8-14-16(12)22(11)18(24)20-19(14)13-7-3-4-9-15(13)21(2)17(19)23/h3-10H,1-2H3,(H,20,24). The van der Waals surface area contributed by atoms with Crippen molar-refractivity contribution < 1.29 is 9.59 Å². The van der Waals surface area contributed by atoms with Crippen LogP contribution in [0.5, 0.6) is 0 Å². The Labute approximate surface area is 138 Å². The van der Waals surface area contributed by atoms with Gasteiger partial charge in [0.05, 0.1) is 5.52 Å². The number of nitrogens with one attached hydrogen (secondary N) is 1. The normalized spacial score (nSPS) is 21.5. The largest absolute Gasteiger partial charge is 0.327 e. The molecule has 3 aromatic rings. The Hall–Kier alpha value is -3.08. The number of hydrogen-bond donors (Lipinski definition) is 1. The second kappa shape index (κ2) is 4.06.